The Morgan fingerprint density at radius 1 is 1.07 bits per heavy atom. The number of pyridine rings is 1. The molecule has 0 saturated carbocycles. The predicted octanol–water partition coefficient (Wildman–Crippen LogP) is 3.81. The van der Waals surface area contributed by atoms with Crippen LogP contribution < -0.4 is 5.32 Å². The van der Waals surface area contributed by atoms with Crippen molar-refractivity contribution in [3.8, 4) is 0 Å². The molecule has 0 aliphatic rings. The fourth-order valence-electron chi connectivity index (χ4n) is 2.93. The molecule has 2 aromatic rings. The Labute approximate surface area is 166 Å². The average Bonchev–Trinajstić information content (AvgIpc) is 2.62. The van der Waals surface area contributed by atoms with Gasteiger partial charge in [-0.2, -0.15) is 4.31 Å². The first kappa shape index (κ1) is 21.8. The van der Waals surface area contributed by atoms with Crippen LogP contribution in [-0.2, 0) is 14.8 Å². The van der Waals surface area contributed by atoms with E-state index < -0.39 is 10.0 Å². The second-order valence-corrected chi connectivity index (χ2v) is 8.67. The number of carbonyl (C=O) groups is 1. The summed E-state index contributed by atoms with van der Waals surface area (Å²) < 4.78 is 32.1. The van der Waals surface area contributed by atoms with Crippen LogP contribution in [0.4, 0.5) is 11.5 Å². The number of hydrogen-bond acceptors (Lipinski definition) is 6. The van der Waals surface area contributed by atoms with E-state index in [-0.39, 0.29) is 22.9 Å². The van der Waals surface area contributed by atoms with Gasteiger partial charge >= 0.3 is 5.97 Å². The highest BCUT2D eigenvalue weighted by Gasteiger charge is 2.29. The normalized spacial score (nSPS) is 11.9. The van der Waals surface area contributed by atoms with E-state index in [9.17, 15) is 13.2 Å². The topological polar surface area (TPSA) is 88.6 Å². The lowest BCUT2D eigenvalue weighted by Gasteiger charge is -2.29. The SMILES string of the molecule is CCOC(=O)c1ccc(Nc2ccc(S(=O)(=O)N(C(C)C)C(C)C)cn2)cc1. The summed E-state index contributed by atoms with van der Waals surface area (Å²) in [6.45, 7) is 9.47. The summed E-state index contributed by atoms with van der Waals surface area (Å²) in [5, 5.41) is 3.08. The van der Waals surface area contributed by atoms with Crippen LogP contribution in [0.1, 0.15) is 45.0 Å². The number of anilines is 2. The molecule has 152 valence electrons. The van der Waals surface area contributed by atoms with Crippen LogP contribution >= 0.6 is 0 Å². The summed E-state index contributed by atoms with van der Waals surface area (Å²) in [4.78, 5) is 16.1. The van der Waals surface area contributed by atoms with Gasteiger partial charge in [0.1, 0.15) is 10.7 Å². The Balaban J connectivity index is 2.15. The highest BCUT2D eigenvalue weighted by Crippen LogP contribution is 2.22. The molecule has 28 heavy (non-hydrogen) atoms. The van der Waals surface area contributed by atoms with Crippen molar-refractivity contribution in [2.45, 2.75) is 51.6 Å². The Morgan fingerprint density at radius 2 is 1.68 bits per heavy atom. The lowest BCUT2D eigenvalue weighted by Crippen LogP contribution is -2.41. The van der Waals surface area contributed by atoms with Gasteiger partial charge < -0.3 is 10.1 Å². The third kappa shape index (κ3) is 5.08. The summed E-state index contributed by atoms with van der Waals surface area (Å²) in [5.41, 5.74) is 1.19. The minimum Gasteiger partial charge on any atom is -0.462 e. The van der Waals surface area contributed by atoms with Gasteiger partial charge in [0.15, 0.2) is 0 Å². The number of rotatable bonds is 8. The average molecular weight is 406 g/mol. The van der Waals surface area contributed by atoms with Gasteiger partial charge in [-0.25, -0.2) is 18.2 Å². The van der Waals surface area contributed by atoms with E-state index in [1.165, 1.54) is 16.6 Å². The van der Waals surface area contributed by atoms with E-state index in [0.717, 1.165) is 5.69 Å². The summed E-state index contributed by atoms with van der Waals surface area (Å²) in [5.74, 6) is 0.130. The van der Waals surface area contributed by atoms with Gasteiger partial charge in [-0.3, -0.25) is 0 Å². The smallest absolute Gasteiger partial charge is 0.338 e. The molecule has 1 aromatic heterocycles. The molecule has 0 atom stereocenters. The van der Waals surface area contributed by atoms with E-state index in [1.54, 1.807) is 37.3 Å². The maximum atomic E-state index is 12.9. The number of ether oxygens (including phenoxy) is 1. The highest BCUT2D eigenvalue weighted by atomic mass is 32.2. The molecule has 1 N–H and O–H groups in total. The largest absolute Gasteiger partial charge is 0.462 e. The predicted molar refractivity (Wildman–Crippen MR) is 109 cm³/mol. The molecule has 0 bridgehead atoms. The number of aromatic nitrogens is 1. The lowest BCUT2D eigenvalue weighted by atomic mass is 10.2. The third-order valence-corrected chi connectivity index (χ3v) is 6.23. The molecular formula is C20H27N3O4S. The summed E-state index contributed by atoms with van der Waals surface area (Å²) >= 11 is 0. The molecule has 0 fully saturated rings. The third-order valence-electron chi connectivity index (χ3n) is 4.00. The van der Waals surface area contributed by atoms with Crippen molar-refractivity contribution in [1.82, 2.24) is 9.29 Å². The van der Waals surface area contributed by atoms with Gasteiger partial charge in [0, 0.05) is 24.0 Å². The number of nitrogens with zero attached hydrogens (tertiary/aromatic N) is 2. The Kier molecular flexibility index (Phi) is 7.15. The molecular weight excluding hydrogens is 378 g/mol. The fraction of sp³-hybridized carbons (Fsp3) is 0.400. The minimum absolute atomic E-state index is 0.151. The van der Waals surface area contributed by atoms with E-state index in [2.05, 4.69) is 10.3 Å². The number of nitrogens with one attached hydrogen (secondary N) is 1. The Bertz CT molecular complexity index is 884. The molecule has 0 spiro atoms. The van der Waals surface area contributed by atoms with Gasteiger partial charge in [-0.05, 0) is 71.0 Å². The van der Waals surface area contributed by atoms with Gasteiger partial charge in [0.05, 0.1) is 12.2 Å². The summed E-state index contributed by atoms with van der Waals surface area (Å²) in [6.07, 6.45) is 1.35. The maximum absolute atomic E-state index is 12.9. The van der Waals surface area contributed by atoms with E-state index >= 15 is 0 Å². The van der Waals surface area contributed by atoms with Crippen LogP contribution in [0.2, 0.25) is 0 Å². The van der Waals surface area contributed by atoms with Crippen LogP contribution in [0.15, 0.2) is 47.5 Å². The number of sulfonamides is 1. The van der Waals surface area contributed by atoms with Crippen molar-refractivity contribution in [3.05, 3.63) is 48.2 Å². The zero-order valence-electron chi connectivity index (χ0n) is 16.8. The van der Waals surface area contributed by atoms with Crippen molar-refractivity contribution in [2.24, 2.45) is 0 Å². The molecule has 0 unspecified atom stereocenters. The van der Waals surface area contributed by atoms with Gasteiger partial charge in [0.25, 0.3) is 0 Å². The maximum Gasteiger partial charge on any atom is 0.338 e. The lowest BCUT2D eigenvalue weighted by molar-refractivity contribution is 0.0526. The van der Waals surface area contributed by atoms with Crippen LogP contribution in [0, 0.1) is 0 Å². The second-order valence-electron chi connectivity index (χ2n) is 6.82. The first-order valence-corrected chi connectivity index (χ1v) is 10.6. The highest BCUT2D eigenvalue weighted by molar-refractivity contribution is 7.89. The van der Waals surface area contributed by atoms with Gasteiger partial charge in [-0.15, -0.1) is 0 Å². The molecule has 0 radical (unpaired) electrons. The van der Waals surface area contributed by atoms with Gasteiger partial charge in [-0.1, -0.05) is 0 Å². The first-order chi connectivity index (χ1) is 13.2. The Morgan fingerprint density at radius 3 is 2.14 bits per heavy atom. The van der Waals surface area contributed by atoms with Crippen molar-refractivity contribution in [2.75, 3.05) is 11.9 Å². The molecule has 0 aliphatic heterocycles. The Hall–Kier alpha value is -2.45. The quantitative estimate of drug-likeness (QED) is 0.672. The molecule has 7 nitrogen and oxygen atoms in total. The molecule has 2 rings (SSSR count). The van der Waals surface area contributed by atoms with Crippen LogP contribution in [0.5, 0.6) is 0 Å². The molecule has 1 heterocycles. The van der Waals surface area contributed by atoms with Crippen molar-refractivity contribution < 1.29 is 17.9 Å². The molecule has 0 aliphatic carbocycles. The van der Waals surface area contributed by atoms with Gasteiger partial charge in [0.2, 0.25) is 10.0 Å². The monoisotopic (exact) mass is 405 g/mol. The first-order valence-electron chi connectivity index (χ1n) is 9.20. The number of benzene rings is 1. The number of carbonyl (C=O) groups excluding carboxylic acids is 1. The number of hydrogen-bond donors (Lipinski definition) is 1. The van der Waals surface area contributed by atoms with Crippen LogP contribution in [0.25, 0.3) is 0 Å². The van der Waals surface area contributed by atoms with Crippen LogP contribution in [-0.4, -0.2) is 42.4 Å². The summed E-state index contributed by atoms with van der Waals surface area (Å²) in [7, 11) is -3.62. The van der Waals surface area contributed by atoms with Crippen LogP contribution in [0.3, 0.4) is 0 Å². The zero-order valence-corrected chi connectivity index (χ0v) is 17.7. The molecule has 0 saturated heterocycles. The minimum atomic E-state index is -3.62. The fourth-order valence-corrected chi connectivity index (χ4v) is 4.71. The molecule has 8 heteroatoms. The van der Waals surface area contributed by atoms with E-state index in [1.807, 2.05) is 27.7 Å². The van der Waals surface area contributed by atoms with E-state index in [4.69, 9.17) is 4.74 Å². The standard InChI is InChI=1S/C20H27N3O4S/c1-6-27-20(24)16-7-9-17(10-8-16)22-19-12-11-18(13-21-19)28(25,26)23(14(2)3)15(4)5/h7-15H,6H2,1-5H3,(H,21,22). The molecule has 0 amide bonds. The number of esters is 1. The van der Waals surface area contributed by atoms with Crippen molar-refractivity contribution >= 4 is 27.5 Å². The summed E-state index contributed by atoms with van der Waals surface area (Å²) in [6, 6.07) is 9.63. The molecule has 1 aromatic carbocycles. The van der Waals surface area contributed by atoms with E-state index in [0.29, 0.717) is 18.0 Å². The zero-order chi connectivity index (χ0) is 20.9. The van der Waals surface area contributed by atoms with Crippen molar-refractivity contribution in [3.63, 3.8) is 0 Å². The second kappa shape index (κ2) is 9.16. The van der Waals surface area contributed by atoms with Crippen molar-refractivity contribution in [1.29, 1.82) is 0 Å².